The second-order valence-electron chi connectivity index (χ2n) is 8.04. The molecule has 0 atom stereocenters. The molecule has 1 aromatic heterocycles. The van der Waals surface area contributed by atoms with E-state index < -0.39 is 16.0 Å². The number of fused-ring (bicyclic) bond motifs is 1. The van der Waals surface area contributed by atoms with Crippen molar-refractivity contribution in [2.75, 3.05) is 16.6 Å². The number of thiophene rings is 1. The van der Waals surface area contributed by atoms with Crippen LogP contribution in [0.15, 0.2) is 53.4 Å². The average molecular weight is 499 g/mol. The molecule has 178 valence electrons. The number of carbonyl (C=O) groups excluding carboxylic acids is 2. The molecular weight excluding hydrogens is 472 g/mol. The lowest BCUT2D eigenvalue weighted by Crippen LogP contribution is -2.17. The van der Waals surface area contributed by atoms with Crippen LogP contribution in [0.2, 0.25) is 0 Å². The number of benzene rings is 2. The van der Waals surface area contributed by atoms with Crippen LogP contribution in [0.1, 0.15) is 56.5 Å². The lowest BCUT2D eigenvalue weighted by atomic mass is 9.95. The normalized spacial score (nSPS) is 13.1. The maximum absolute atomic E-state index is 13.0. The molecular formula is C25H26N2O5S2. The largest absolute Gasteiger partial charge is 0.462 e. The SMILES string of the molecule is CCOC(=O)c1c(NC(=O)c2ccc(NS(=O)(=O)c3ccccc3)c(C)c2)sc2c1CCCC2. The van der Waals surface area contributed by atoms with Gasteiger partial charge < -0.3 is 10.1 Å². The zero-order valence-corrected chi connectivity index (χ0v) is 20.6. The summed E-state index contributed by atoms with van der Waals surface area (Å²) in [5.41, 5.74) is 2.79. The fraction of sp³-hybridized carbons (Fsp3) is 0.280. The van der Waals surface area contributed by atoms with Crippen molar-refractivity contribution >= 4 is 43.9 Å². The summed E-state index contributed by atoms with van der Waals surface area (Å²) in [5.74, 6) is -0.788. The van der Waals surface area contributed by atoms with Gasteiger partial charge in [-0.25, -0.2) is 13.2 Å². The van der Waals surface area contributed by atoms with Gasteiger partial charge in [0, 0.05) is 10.4 Å². The van der Waals surface area contributed by atoms with E-state index in [4.69, 9.17) is 4.74 Å². The molecule has 7 nitrogen and oxygen atoms in total. The standard InChI is InChI=1S/C25H26N2O5S2/c1-3-32-25(29)22-19-11-7-8-12-21(19)33-24(22)26-23(28)17-13-14-20(16(2)15-17)27-34(30,31)18-9-5-4-6-10-18/h4-6,9-10,13-15,27H,3,7-8,11-12H2,1-2H3,(H,26,28). The first-order valence-electron chi connectivity index (χ1n) is 11.1. The number of anilines is 2. The van der Waals surface area contributed by atoms with Crippen molar-refractivity contribution < 1.29 is 22.7 Å². The molecule has 2 N–H and O–H groups in total. The van der Waals surface area contributed by atoms with E-state index in [2.05, 4.69) is 10.0 Å². The molecule has 0 bridgehead atoms. The van der Waals surface area contributed by atoms with Gasteiger partial charge in [0.25, 0.3) is 15.9 Å². The number of carbonyl (C=O) groups is 2. The second kappa shape index (κ2) is 9.99. The van der Waals surface area contributed by atoms with Crippen LogP contribution < -0.4 is 10.0 Å². The molecule has 0 unspecified atom stereocenters. The molecule has 1 heterocycles. The van der Waals surface area contributed by atoms with E-state index in [1.807, 2.05) is 0 Å². The van der Waals surface area contributed by atoms with Crippen LogP contribution >= 0.6 is 11.3 Å². The van der Waals surface area contributed by atoms with E-state index >= 15 is 0 Å². The molecule has 34 heavy (non-hydrogen) atoms. The number of aryl methyl sites for hydroxylation is 2. The third-order valence-electron chi connectivity index (χ3n) is 5.66. The smallest absolute Gasteiger partial charge is 0.341 e. The van der Waals surface area contributed by atoms with Crippen molar-refractivity contribution in [1.29, 1.82) is 0 Å². The number of ether oxygens (including phenoxy) is 1. The van der Waals surface area contributed by atoms with Crippen molar-refractivity contribution in [3.05, 3.63) is 75.7 Å². The molecule has 0 saturated carbocycles. The summed E-state index contributed by atoms with van der Waals surface area (Å²) >= 11 is 1.43. The number of sulfonamides is 1. The first-order valence-corrected chi connectivity index (χ1v) is 13.4. The highest BCUT2D eigenvalue weighted by atomic mass is 32.2. The summed E-state index contributed by atoms with van der Waals surface area (Å²) in [7, 11) is -3.74. The summed E-state index contributed by atoms with van der Waals surface area (Å²) in [4.78, 5) is 26.9. The molecule has 1 amide bonds. The van der Waals surface area contributed by atoms with Crippen LogP contribution in [0.25, 0.3) is 0 Å². The number of esters is 1. The van der Waals surface area contributed by atoms with Crippen molar-refractivity contribution in [1.82, 2.24) is 0 Å². The van der Waals surface area contributed by atoms with E-state index in [0.29, 0.717) is 27.4 Å². The predicted molar refractivity (Wildman–Crippen MR) is 133 cm³/mol. The van der Waals surface area contributed by atoms with Crippen molar-refractivity contribution in [2.24, 2.45) is 0 Å². The molecule has 0 aliphatic heterocycles. The molecule has 2 aromatic carbocycles. The Morgan fingerprint density at radius 2 is 1.79 bits per heavy atom. The van der Waals surface area contributed by atoms with Gasteiger partial charge in [-0.05, 0) is 81.0 Å². The lowest BCUT2D eigenvalue weighted by Gasteiger charge is -2.13. The van der Waals surface area contributed by atoms with Crippen molar-refractivity contribution in [3.63, 3.8) is 0 Å². The maximum Gasteiger partial charge on any atom is 0.341 e. The molecule has 0 radical (unpaired) electrons. The van der Waals surface area contributed by atoms with E-state index in [0.717, 1.165) is 36.1 Å². The zero-order valence-electron chi connectivity index (χ0n) is 19.0. The minimum absolute atomic E-state index is 0.157. The van der Waals surface area contributed by atoms with E-state index in [1.54, 1.807) is 50.2 Å². The van der Waals surface area contributed by atoms with Gasteiger partial charge in [-0.15, -0.1) is 11.3 Å². The van der Waals surface area contributed by atoms with Gasteiger partial charge in [-0.2, -0.15) is 0 Å². The van der Waals surface area contributed by atoms with Crippen LogP contribution in [0, 0.1) is 6.92 Å². The lowest BCUT2D eigenvalue weighted by molar-refractivity contribution is 0.0526. The van der Waals surface area contributed by atoms with Gasteiger partial charge in [-0.1, -0.05) is 18.2 Å². The Labute approximate surface area is 203 Å². The number of nitrogens with one attached hydrogen (secondary N) is 2. The maximum atomic E-state index is 13.0. The summed E-state index contributed by atoms with van der Waals surface area (Å²) in [5, 5.41) is 3.39. The zero-order chi connectivity index (χ0) is 24.3. The molecule has 4 rings (SSSR count). The number of amides is 1. The summed E-state index contributed by atoms with van der Waals surface area (Å²) in [6.45, 7) is 3.75. The first-order chi connectivity index (χ1) is 16.3. The minimum Gasteiger partial charge on any atom is -0.462 e. The molecule has 0 spiro atoms. The Kier molecular flexibility index (Phi) is 7.04. The quantitative estimate of drug-likeness (QED) is 0.438. The fourth-order valence-electron chi connectivity index (χ4n) is 3.97. The Morgan fingerprint density at radius 1 is 1.06 bits per heavy atom. The topological polar surface area (TPSA) is 102 Å². The minimum atomic E-state index is -3.74. The van der Waals surface area contributed by atoms with E-state index in [1.165, 1.54) is 23.5 Å². The summed E-state index contributed by atoms with van der Waals surface area (Å²) in [6.07, 6.45) is 3.74. The van der Waals surface area contributed by atoms with Gasteiger partial charge in [0.15, 0.2) is 0 Å². The Bertz CT molecular complexity index is 1330. The van der Waals surface area contributed by atoms with Gasteiger partial charge >= 0.3 is 5.97 Å². The van der Waals surface area contributed by atoms with Gasteiger partial charge in [0.2, 0.25) is 0 Å². The predicted octanol–water partition coefficient (Wildman–Crippen LogP) is 5.17. The number of hydrogen-bond donors (Lipinski definition) is 2. The second-order valence-corrected chi connectivity index (χ2v) is 10.8. The first kappa shape index (κ1) is 24.0. The summed E-state index contributed by atoms with van der Waals surface area (Å²) in [6, 6.07) is 12.8. The Hall–Kier alpha value is -3.17. The molecule has 3 aromatic rings. The molecule has 0 saturated heterocycles. The highest BCUT2D eigenvalue weighted by molar-refractivity contribution is 7.92. The van der Waals surface area contributed by atoms with Crippen LogP contribution in [0.3, 0.4) is 0 Å². The van der Waals surface area contributed by atoms with Crippen LogP contribution in [0.5, 0.6) is 0 Å². The van der Waals surface area contributed by atoms with Gasteiger partial charge in [0.05, 0.1) is 22.8 Å². The fourth-order valence-corrected chi connectivity index (χ4v) is 6.40. The highest BCUT2D eigenvalue weighted by Crippen LogP contribution is 2.39. The van der Waals surface area contributed by atoms with Crippen molar-refractivity contribution in [3.8, 4) is 0 Å². The van der Waals surface area contributed by atoms with Crippen LogP contribution in [-0.2, 0) is 27.6 Å². The Morgan fingerprint density at radius 3 is 2.50 bits per heavy atom. The summed E-state index contributed by atoms with van der Waals surface area (Å²) < 4.78 is 33.1. The third kappa shape index (κ3) is 5.00. The van der Waals surface area contributed by atoms with E-state index in [-0.39, 0.29) is 17.4 Å². The molecule has 1 aliphatic carbocycles. The highest BCUT2D eigenvalue weighted by Gasteiger charge is 2.27. The number of rotatable bonds is 7. The van der Waals surface area contributed by atoms with Gasteiger partial charge in [0.1, 0.15) is 5.00 Å². The average Bonchev–Trinajstić information content (AvgIpc) is 3.19. The third-order valence-corrected chi connectivity index (χ3v) is 8.25. The monoisotopic (exact) mass is 498 g/mol. The van der Waals surface area contributed by atoms with E-state index in [9.17, 15) is 18.0 Å². The van der Waals surface area contributed by atoms with Crippen LogP contribution in [-0.4, -0.2) is 26.9 Å². The van der Waals surface area contributed by atoms with Crippen molar-refractivity contribution in [2.45, 2.75) is 44.4 Å². The van der Waals surface area contributed by atoms with Gasteiger partial charge in [-0.3, -0.25) is 9.52 Å². The molecule has 1 aliphatic rings. The van der Waals surface area contributed by atoms with Crippen LogP contribution in [0.4, 0.5) is 10.7 Å². The Balaban J connectivity index is 1.56. The molecule has 9 heteroatoms. The molecule has 0 fully saturated rings. The number of hydrogen-bond acceptors (Lipinski definition) is 6.